The summed E-state index contributed by atoms with van der Waals surface area (Å²) >= 11 is 0. The van der Waals surface area contributed by atoms with E-state index in [0.29, 0.717) is 39.3 Å². The van der Waals surface area contributed by atoms with Gasteiger partial charge in [-0.1, -0.05) is 0 Å². The van der Waals surface area contributed by atoms with E-state index in [9.17, 15) is 20.4 Å². The van der Waals surface area contributed by atoms with Crippen molar-refractivity contribution in [2.45, 2.75) is 49.5 Å². The Balaban J connectivity index is -0.000000118. The third-order valence-electron chi connectivity index (χ3n) is 5.35. The molecule has 0 rings (SSSR count). The second-order valence-electron chi connectivity index (χ2n) is 10.8. The van der Waals surface area contributed by atoms with Gasteiger partial charge >= 0.3 is 0 Å². The van der Waals surface area contributed by atoms with Crippen molar-refractivity contribution in [1.29, 1.82) is 0 Å². The maximum absolute atomic E-state index is 9.21. The summed E-state index contributed by atoms with van der Waals surface area (Å²) in [4.78, 5) is 0. The molecule has 0 saturated heterocycles. The predicted molar refractivity (Wildman–Crippen MR) is 192 cm³/mol. The molecule has 57 heavy (non-hydrogen) atoms. The van der Waals surface area contributed by atoms with Crippen LogP contribution < -0.4 is 0 Å². The van der Waals surface area contributed by atoms with E-state index < -0.39 is 36.6 Å². The average Bonchev–Trinajstić information content (AvgIpc) is 3.12. The molecule has 0 radical (unpaired) electrons. The van der Waals surface area contributed by atoms with Crippen molar-refractivity contribution in [3.8, 4) is 0 Å². The standard InChI is InChI=1S/2C11H22O6.2C6H13O4.3Rf/c2*1-14-6-10(12)8-16-4-3-5-17-9-11(13)7-15-2;2*1-9-4-6(8)5-10-3-2-7;;;/h2*10-13H,1-9H2;2*6-8H,1-5H2;;;/q2*-2;2*-1;;;. The molecule has 20 nitrogen and oxygen atoms in total. The van der Waals surface area contributed by atoms with Crippen LogP contribution in [0.15, 0.2) is 0 Å². The first kappa shape index (κ1) is 67.9. The summed E-state index contributed by atoms with van der Waals surface area (Å²) in [5.74, 6) is 0. The molecule has 0 fully saturated rings. The van der Waals surface area contributed by atoms with Gasteiger partial charge in [0, 0.05) is 66.1 Å². The summed E-state index contributed by atoms with van der Waals surface area (Å²) in [5.41, 5.74) is 0. The molecule has 0 heterocycles. The fraction of sp³-hybridized carbons (Fsp3) is 0.824. The van der Waals surface area contributed by atoms with Gasteiger partial charge in [-0.05, 0) is 12.8 Å². The third kappa shape index (κ3) is 67.3. The SMILES string of the molecule is [CH2-]OCC(O)COCCCOCC(O)CO[CH2-].[CH2-]OCC(O)COCCCOCC(O)CO[CH2-].[CH2-]OCC(O)COCCO.[CH2-]OCC(O)COCCO.[Rf].[Rf].[Rf]. The number of rotatable bonds is 36. The van der Waals surface area contributed by atoms with Gasteiger partial charge in [0.05, 0.1) is 103 Å². The molecule has 0 saturated carbocycles. The molecule has 23 heteroatoms. The molecule has 0 aliphatic heterocycles. The minimum Gasteiger partial charge on any atom is -0.553 e. The zero-order valence-corrected chi connectivity index (χ0v) is 53.1. The molecule has 0 aromatic carbocycles. The van der Waals surface area contributed by atoms with Crippen molar-refractivity contribution in [2.24, 2.45) is 0 Å². The van der Waals surface area contributed by atoms with E-state index in [1.807, 2.05) is 0 Å². The summed E-state index contributed by atoms with van der Waals surface area (Å²) < 4.78 is 57.0. The van der Waals surface area contributed by atoms with Crippen LogP contribution in [0.5, 0.6) is 0 Å². The van der Waals surface area contributed by atoms with Crippen LogP contribution in [0.4, 0.5) is 0 Å². The Morgan fingerprint density at radius 3 is 0.579 bits per heavy atom. The van der Waals surface area contributed by atoms with Gasteiger partial charge < -0.3 is 97.7 Å². The minimum atomic E-state index is -0.649. The molecule has 0 aliphatic rings. The van der Waals surface area contributed by atoms with Gasteiger partial charge in [-0.25, -0.2) is 42.7 Å². The smallest absolute Gasteiger partial charge is 0.0976 e. The third-order valence-corrected chi connectivity index (χ3v) is 5.35. The topological polar surface area (TPSA) is 273 Å². The van der Waals surface area contributed by atoms with Crippen LogP contribution in [-0.2, 0) is 56.8 Å². The van der Waals surface area contributed by atoms with Crippen LogP contribution in [0.1, 0.15) is 12.8 Å². The van der Waals surface area contributed by atoms with Crippen LogP contribution in [-0.4, -0.2) is 210 Å². The van der Waals surface area contributed by atoms with Gasteiger partial charge in [0.25, 0.3) is 0 Å². The van der Waals surface area contributed by atoms with Crippen molar-refractivity contribution in [3.63, 3.8) is 0 Å². The normalized spacial score (nSPS) is 13.6. The van der Waals surface area contributed by atoms with Gasteiger partial charge in [0.1, 0.15) is 0 Å². The molecule has 8 N–H and O–H groups in total. The van der Waals surface area contributed by atoms with Gasteiger partial charge in [-0.2, -0.15) is 0 Å². The second kappa shape index (κ2) is 58.9. The van der Waals surface area contributed by atoms with Crippen molar-refractivity contribution < 1.29 is 97.7 Å². The van der Waals surface area contributed by atoms with Crippen molar-refractivity contribution in [1.82, 2.24) is 0 Å². The van der Waals surface area contributed by atoms with Gasteiger partial charge in [0.15, 0.2) is 0 Å². The van der Waals surface area contributed by atoms with Gasteiger partial charge in [-0.3, -0.25) is 0 Å². The van der Waals surface area contributed by atoms with Crippen LogP contribution in [0.2, 0.25) is 0 Å². The molecule has 6 unspecified atom stereocenters. The minimum absolute atomic E-state index is 0. The molecule has 6 atom stereocenters. The molecule has 0 amide bonds. The molecule has 0 aromatic rings. The summed E-state index contributed by atoms with van der Waals surface area (Å²) in [5, 5.41) is 71.2. The Labute approximate surface area is 322 Å². The van der Waals surface area contributed by atoms with E-state index >= 15 is 0 Å². The zero-order chi connectivity index (χ0) is 41.5. The maximum Gasteiger partial charge on any atom is 0.0976 e. The Morgan fingerprint density at radius 2 is 0.439 bits per heavy atom. The number of hydrogen-bond acceptors (Lipinski definition) is 20. The maximum atomic E-state index is 9.21. The Hall–Kier alpha value is -3.80. The molecular weight excluding hydrogens is 1530 g/mol. The first-order valence-electron chi connectivity index (χ1n) is 17.0. The summed E-state index contributed by atoms with van der Waals surface area (Å²) in [6.07, 6.45) is -2.51. The zero-order valence-electron chi connectivity index (χ0n) is 33.9. The fourth-order valence-electron chi connectivity index (χ4n) is 3.08. The molecule has 0 bridgehead atoms. The molecule has 0 spiro atoms. The Bertz CT molecular complexity index is 577. The molecule has 338 valence electrons. The van der Waals surface area contributed by atoms with Crippen LogP contribution >= 0.6 is 0 Å². The van der Waals surface area contributed by atoms with Gasteiger partial charge in [-0.15, -0.1) is 0 Å². The fourth-order valence-corrected chi connectivity index (χ4v) is 3.08. The van der Waals surface area contributed by atoms with Crippen LogP contribution in [0, 0.1) is 42.7 Å². The summed E-state index contributed by atoms with van der Waals surface area (Å²) in [7, 11) is 18.8. The predicted octanol–water partition coefficient (Wildman–Crippen LogP) is -2.18. The average molecular weight is 1600 g/mol. The van der Waals surface area contributed by atoms with Crippen LogP contribution in [0.25, 0.3) is 0 Å². The van der Waals surface area contributed by atoms with Crippen molar-refractivity contribution in [3.05, 3.63) is 42.7 Å². The second-order valence-corrected chi connectivity index (χ2v) is 10.8. The van der Waals surface area contributed by atoms with Crippen LogP contribution in [0.3, 0.4) is 0 Å². The number of ether oxygens (including phenoxy) is 12. The summed E-state index contributed by atoms with van der Waals surface area (Å²) in [6.45, 7) is 4.53. The van der Waals surface area contributed by atoms with Crippen molar-refractivity contribution in [2.75, 3.05) is 132 Å². The van der Waals surface area contributed by atoms with E-state index in [2.05, 4.69) is 71.1 Å². The first-order valence-corrected chi connectivity index (χ1v) is 17.0. The number of aliphatic hydroxyl groups is 8. The molecular formula is C34H70O20Rf3-6. The molecule has 0 aliphatic carbocycles. The largest absolute Gasteiger partial charge is 0.553 e. The molecule has 0 aromatic heterocycles. The van der Waals surface area contributed by atoms with E-state index in [-0.39, 0.29) is 106 Å². The van der Waals surface area contributed by atoms with E-state index in [0.717, 1.165) is 0 Å². The Morgan fingerprint density at radius 1 is 0.281 bits per heavy atom. The van der Waals surface area contributed by atoms with E-state index in [4.69, 9.17) is 48.8 Å². The quantitative estimate of drug-likeness (QED) is 0.0245. The van der Waals surface area contributed by atoms with Gasteiger partial charge in [0.2, 0.25) is 0 Å². The number of aliphatic hydroxyl groups excluding tert-OH is 8. The van der Waals surface area contributed by atoms with Crippen molar-refractivity contribution >= 4 is 0 Å². The van der Waals surface area contributed by atoms with E-state index in [1.54, 1.807) is 0 Å². The Kier molecular flexibility index (Phi) is 70.2. The monoisotopic (exact) mass is 1600 g/mol. The van der Waals surface area contributed by atoms with E-state index in [1.165, 1.54) is 0 Å². The summed E-state index contributed by atoms with van der Waals surface area (Å²) in [6, 6.07) is 0. The first-order chi connectivity index (χ1) is 26.0. The number of hydrogen-bond donors (Lipinski definition) is 8.